The topological polar surface area (TPSA) is 56.3 Å². The van der Waals surface area contributed by atoms with Crippen molar-refractivity contribution in [2.24, 2.45) is 0 Å². The molecule has 3 aliphatic rings. The van der Waals surface area contributed by atoms with Gasteiger partial charge in [-0.3, -0.25) is 0 Å². The van der Waals surface area contributed by atoms with Gasteiger partial charge in [0.25, 0.3) is 0 Å². The molecule has 1 aliphatic carbocycles. The smallest absolute Gasteiger partial charge is 0.232 e. The molecule has 0 amide bonds. The molecule has 0 spiro atoms. The van der Waals surface area contributed by atoms with E-state index in [9.17, 15) is 0 Å². The number of aromatic nitrogens is 2. The van der Waals surface area contributed by atoms with Gasteiger partial charge in [0.2, 0.25) is 5.95 Å². The maximum Gasteiger partial charge on any atom is 0.232 e. The van der Waals surface area contributed by atoms with Gasteiger partial charge in [-0.2, -0.15) is 9.97 Å². The van der Waals surface area contributed by atoms with Crippen molar-refractivity contribution in [3.05, 3.63) is 41.5 Å². The zero-order valence-corrected chi connectivity index (χ0v) is 17.5. The number of benzene rings is 1. The normalized spacial score (nSPS) is 18.9. The Morgan fingerprint density at radius 2 is 1.52 bits per heavy atom. The molecule has 0 radical (unpaired) electrons. The van der Waals surface area contributed by atoms with Crippen LogP contribution in [-0.2, 0) is 13.1 Å². The molecule has 5 rings (SSSR count). The Kier molecular flexibility index (Phi) is 5.23. The summed E-state index contributed by atoms with van der Waals surface area (Å²) in [6.45, 7) is 3.88. The molecule has 6 nitrogen and oxygen atoms in total. The number of rotatable bonds is 4. The predicted molar refractivity (Wildman–Crippen MR) is 121 cm³/mol. The predicted octanol–water partition coefficient (Wildman–Crippen LogP) is 3.83. The molecular weight excluding hydrogens is 380 g/mol. The Morgan fingerprint density at radius 1 is 0.897 bits per heavy atom. The lowest BCUT2D eigenvalue weighted by atomic mass is 10.1. The molecular formula is C22H28N6S. The van der Waals surface area contributed by atoms with E-state index in [1.54, 1.807) is 0 Å². The Morgan fingerprint density at radius 3 is 2.17 bits per heavy atom. The molecule has 7 heteroatoms. The Balaban J connectivity index is 1.38. The molecule has 1 saturated heterocycles. The average Bonchev–Trinajstić information content (AvgIpc) is 3.48. The molecule has 2 aliphatic heterocycles. The van der Waals surface area contributed by atoms with Crippen molar-refractivity contribution in [2.45, 2.75) is 57.7 Å². The first-order valence-electron chi connectivity index (χ1n) is 10.8. The minimum absolute atomic E-state index is 0.476. The second-order valence-corrected chi connectivity index (χ2v) is 8.71. The molecule has 2 fully saturated rings. The van der Waals surface area contributed by atoms with Gasteiger partial charge >= 0.3 is 0 Å². The van der Waals surface area contributed by atoms with Crippen LogP contribution in [0.5, 0.6) is 0 Å². The van der Waals surface area contributed by atoms with E-state index < -0.39 is 0 Å². The molecule has 1 saturated carbocycles. The van der Waals surface area contributed by atoms with Crippen LogP contribution < -0.4 is 20.4 Å². The van der Waals surface area contributed by atoms with Crippen molar-refractivity contribution in [1.29, 1.82) is 0 Å². The van der Waals surface area contributed by atoms with E-state index in [0.717, 1.165) is 37.8 Å². The van der Waals surface area contributed by atoms with Crippen LogP contribution in [0, 0.1) is 0 Å². The molecule has 152 valence electrons. The minimum Gasteiger partial charge on any atom is -0.360 e. The number of hydrogen-bond donors (Lipinski definition) is 2. The quantitative estimate of drug-likeness (QED) is 0.746. The summed E-state index contributed by atoms with van der Waals surface area (Å²) >= 11 is 5.56. The minimum atomic E-state index is 0.476. The fraction of sp³-hybridized carbons (Fsp3) is 0.500. The first-order chi connectivity index (χ1) is 14.2. The van der Waals surface area contributed by atoms with E-state index in [1.807, 2.05) is 0 Å². The van der Waals surface area contributed by atoms with Gasteiger partial charge in [0.15, 0.2) is 5.11 Å². The number of anilines is 3. The molecule has 29 heavy (non-hydrogen) atoms. The van der Waals surface area contributed by atoms with Crippen molar-refractivity contribution in [3.63, 3.8) is 0 Å². The van der Waals surface area contributed by atoms with Crippen LogP contribution in [0.2, 0.25) is 0 Å². The zero-order valence-electron chi connectivity index (χ0n) is 16.7. The van der Waals surface area contributed by atoms with E-state index in [4.69, 9.17) is 22.2 Å². The summed E-state index contributed by atoms with van der Waals surface area (Å²) in [5.74, 6) is 2.55. The van der Waals surface area contributed by atoms with Gasteiger partial charge in [0.05, 0.1) is 0 Å². The third-order valence-electron chi connectivity index (χ3n) is 6.21. The third-order valence-corrected chi connectivity index (χ3v) is 6.43. The summed E-state index contributed by atoms with van der Waals surface area (Å²) in [4.78, 5) is 14.3. The highest BCUT2D eigenvalue weighted by Gasteiger charge is 2.23. The second kappa shape index (κ2) is 8.14. The van der Waals surface area contributed by atoms with Crippen LogP contribution in [0.4, 0.5) is 17.6 Å². The van der Waals surface area contributed by atoms with Crippen molar-refractivity contribution >= 4 is 34.9 Å². The lowest BCUT2D eigenvalue weighted by Crippen LogP contribution is -2.36. The molecule has 1 aromatic heterocycles. The first kappa shape index (κ1) is 18.6. The zero-order chi connectivity index (χ0) is 19.6. The van der Waals surface area contributed by atoms with E-state index in [2.05, 4.69) is 50.8 Å². The van der Waals surface area contributed by atoms with E-state index >= 15 is 0 Å². The van der Waals surface area contributed by atoms with Crippen molar-refractivity contribution in [3.8, 4) is 0 Å². The number of nitrogens with one attached hydrogen (secondary N) is 2. The van der Waals surface area contributed by atoms with Gasteiger partial charge in [0.1, 0.15) is 11.6 Å². The maximum atomic E-state index is 5.56. The van der Waals surface area contributed by atoms with Gasteiger partial charge < -0.3 is 20.4 Å². The highest BCUT2D eigenvalue weighted by Crippen LogP contribution is 2.30. The highest BCUT2D eigenvalue weighted by atomic mass is 32.1. The van der Waals surface area contributed by atoms with Gasteiger partial charge in [-0.05, 0) is 49.0 Å². The molecule has 0 bridgehead atoms. The SMILES string of the molecule is S=C(Nc1nc(N2CCCC2)cc(N2Cc3ccccc3C2)n1)NC1CCCC1. The van der Waals surface area contributed by atoms with E-state index in [0.29, 0.717) is 17.1 Å². The average molecular weight is 409 g/mol. The summed E-state index contributed by atoms with van der Waals surface area (Å²) in [6, 6.07) is 11.2. The fourth-order valence-electron chi connectivity index (χ4n) is 4.64. The van der Waals surface area contributed by atoms with Gasteiger partial charge in [-0.15, -0.1) is 0 Å². The first-order valence-corrected chi connectivity index (χ1v) is 11.2. The molecule has 0 atom stereocenters. The van der Waals surface area contributed by atoms with Crippen LogP contribution in [0.1, 0.15) is 49.7 Å². The number of hydrogen-bond acceptors (Lipinski definition) is 5. The van der Waals surface area contributed by atoms with E-state index in [-0.39, 0.29) is 0 Å². The Bertz CT molecular complexity index is 864. The van der Waals surface area contributed by atoms with Crippen molar-refractivity contribution in [2.75, 3.05) is 28.2 Å². The summed E-state index contributed by atoms with van der Waals surface area (Å²) in [5.41, 5.74) is 2.75. The van der Waals surface area contributed by atoms with Crippen LogP contribution in [0.25, 0.3) is 0 Å². The molecule has 2 aromatic rings. The molecule has 2 N–H and O–H groups in total. The van der Waals surface area contributed by atoms with Crippen LogP contribution in [0.15, 0.2) is 30.3 Å². The van der Waals surface area contributed by atoms with Gasteiger partial charge in [-0.25, -0.2) is 0 Å². The second-order valence-electron chi connectivity index (χ2n) is 8.31. The highest BCUT2D eigenvalue weighted by molar-refractivity contribution is 7.80. The lowest BCUT2D eigenvalue weighted by Gasteiger charge is -2.23. The van der Waals surface area contributed by atoms with Crippen LogP contribution >= 0.6 is 12.2 Å². The molecule has 0 unspecified atom stereocenters. The number of thiocarbonyl (C=S) groups is 1. The standard InChI is InChI=1S/C22H28N6S/c29-22(23-18-9-3-4-10-18)26-21-24-19(27-11-5-6-12-27)13-20(25-21)28-14-16-7-1-2-8-17(16)15-28/h1-2,7-8,13,18H,3-6,9-12,14-15H2,(H2,23,24,25,26,29). The van der Waals surface area contributed by atoms with E-state index in [1.165, 1.54) is 49.7 Å². The summed E-state index contributed by atoms with van der Waals surface area (Å²) in [6.07, 6.45) is 7.38. The molecule has 1 aromatic carbocycles. The number of fused-ring (bicyclic) bond motifs is 1. The Hall–Kier alpha value is -2.41. The van der Waals surface area contributed by atoms with Gasteiger partial charge in [0, 0.05) is 38.3 Å². The van der Waals surface area contributed by atoms with Gasteiger partial charge in [-0.1, -0.05) is 37.1 Å². The molecule has 3 heterocycles. The Labute approximate surface area is 177 Å². The third kappa shape index (κ3) is 4.15. The summed E-state index contributed by atoms with van der Waals surface area (Å²) < 4.78 is 0. The maximum absolute atomic E-state index is 5.56. The summed E-state index contributed by atoms with van der Waals surface area (Å²) in [7, 11) is 0. The van der Waals surface area contributed by atoms with Crippen molar-refractivity contribution < 1.29 is 0 Å². The monoisotopic (exact) mass is 408 g/mol. The summed E-state index contributed by atoms with van der Waals surface area (Å²) in [5, 5.41) is 7.33. The van der Waals surface area contributed by atoms with Crippen molar-refractivity contribution in [1.82, 2.24) is 15.3 Å². The largest absolute Gasteiger partial charge is 0.360 e. The van der Waals surface area contributed by atoms with Crippen LogP contribution in [-0.4, -0.2) is 34.2 Å². The van der Waals surface area contributed by atoms with Crippen LogP contribution in [0.3, 0.4) is 0 Å². The number of nitrogens with zero attached hydrogens (tertiary/aromatic N) is 4. The fourth-order valence-corrected chi connectivity index (χ4v) is 4.89. The lowest BCUT2D eigenvalue weighted by molar-refractivity contribution is 0.634.